The molecule has 1 N–H and O–H groups in total. The van der Waals surface area contributed by atoms with Gasteiger partial charge in [-0.1, -0.05) is 17.2 Å². The van der Waals surface area contributed by atoms with E-state index in [2.05, 4.69) is 5.32 Å². The van der Waals surface area contributed by atoms with Crippen LogP contribution in [0.2, 0.25) is 0 Å². The molecule has 0 radical (unpaired) electrons. The summed E-state index contributed by atoms with van der Waals surface area (Å²) < 4.78 is 31.0. The summed E-state index contributed by atoms with van der Waals surface area (Å²) in [7, 11) is 1.47. The van der Waals surface area contributed by atoms with E-state index in [4.69, 9.17) is 4.74 Å². The van der Waals surface area contributed by atoms with E-state index in [0.717, 1.165) is 0 Å². The van der Waals surface area contributed by atoms with E-state index in [1.165, 1.54) is 18.0 Å². The van der Waals surface area contributed by atoms with Crippen LogP contribution in [0.3, 0.4) is 0 Å². The predicted molar refractivity (Wildman–Crippen MR) is 85.7 cm³/mol. The van der Waals surface area contributed by atoms with Crippen LogP contribution in [-0.4, -0.2) is 47.8 Å². The summed E-state index contributed by atoms with van der Waals surface area (Å²) in [4.78, 5) is 24.7. The van der Waals surface area contributed by atoms with Crippen molar-refractivity contribution in [3.8, 4) is 0 Å². The number of benzene rings is 1. The number of ether oxygens (including phenoxy) is 1. The van der Waals surface area contributed by atoms with Gasteiger partial charge in [0.1, 0.15) is 17.3 Å². The molecule has 1 aliphatic carbocycles. The van der Waals surface area contributed by atoms with Crippen LogP contribution in [0, 0.1) is 17.7 Å². The van der Waals surface area contributed by atoms with Crippen LogP contribution in [0.5, 0.6) is 0 Å². The Kier molecular flexibility index (Phi) is 3.69. The number of hydrogen-bond acceptors (Lipinski definition) is 4. The third kappa shape index (κ3) is 2.44. The van der Waals surface area contributed by atoms with Gasteiger partial charge in [0.25, 0.3) is 5.91 Å². The standard InChI is InChI=1S/C16H17FN2O4S/c1-18-15(20)13-5-19(16(21)23-13)8-2-3-9(12(17)4-8)14-10-6-24(22)7-11(10)14/h2-4,10-11,13-14H,5-7H2,1H3,(H,18,20)/t10-,11+,13-,14?,24?/m1/s1. The van der Waals surface area contributed by atoms with Gasteiger partial charge in [-0.05, 0) is 17.7 Å². The molecule has 2 saturated heterocycles. The summed E-state index contributed by atoms with van der Waals surface area (Å²) >= 11 is -0.755. The largest absolute Gasteiger partial charge is 0.616 e. The summed E-state index contributed by atoms with van der Waals surface area (Å²) in [6.07, 6.45) is -1.54. The average Bonchev–Trinajstić information content (AvgIpc) is 2.90. The third-order valence-corrected chi connectivity index (χ3v) is 6.61. The van der Waals surface area contributed by atoms with Crippen LogP contribution in [0.4, 0.5) is 14.9 Å². The fourth-order valence-corrected chi connectivity index (χ4v) is 5.69. The second-order valence-electron chi connectivity index (χ2n) is 6.43. The minimum absolute atomic E-state index is 0.0605. The molecule has 1 aromatic carbocycles. The van der Waals surface area contributed by atoms with Crippen molar-refractivity contribution in [1.82, 2.24) is 5.32 Å². The molecule has 8 heteroatoms. The first-order valence-electron chi connectivity index (χ1n) is 7.83. The number of anilines is 1. The molecule has 1 saturated carbocycles. The highest BCUT2D eigenvalue weighted by Crippen LogP contribution is 2.59. The molecular formula is C16H17FN2O4S. The minimum Gasteiger partial charge on any atom is -0.616 e. The number of hydrogen-bond donors (Lipinski definition) is 1. The Balaban J connectivity index is 1.51. The Morgan fingerprint density at radius 2 is 2.12 bits per heavy atom. The smallest absolute Gasteiger partial charge is 0.415 e. The third-order valence-electron chi connectivity index (χ3n) is 5.09. The maximum absolute atomic E-state index is 14.5. The highest BCUT2D eigenvalue weighted by molar-refractivity contribution is 7.91. The van der Waals surface area contributed by atoms with E-state index >= 15 is 0 Å². The van der Waals surface area contributed by atoms with E-state index in [1.807, 2.05) is 0 Å². The molecule has 128 valence electrons. The molecule has 0 spiro atoms. The number of fused-ring (bicyclic) bond motifs is 1. The first-order valence-corrected chi connectivity index (χ1v) is 9.32. The van der Waals surface area contributed by atoms with Crippen molar-refractivity contribution in [2.24, 2.45) is 11.8 Å². The average molecular weight is 352 g/mol. The molecule has 0 aromatic heterocycles. The lowest BCUT2D eigenvalue weighted by Gasteiger charge is -2.15. The van der Waals surface area contributed by atoms with Crippen LogP contribution in [0.25, 0.3) is 0 Å². The number of likely N-dealkylation sites (N-methyl/N-ethyl adjacent to an activating group) is 1. The van der Waals surface area contributed by atoms with Crippen molar-refractivity contribution < 1.29 is 23.3 Å². The fourth-order valence-electron chi connectivity index (χ4n) is 3.78. The lowest BCUT2D eigenvalue weighted by Crippen LogP contribution is -2.35. The zero-order valence-electron chi connectivity index (χ0n) is 13.0. The molecule has 5 atom stereocenters. The molecule has 0 bridgehead atoms. The van der Waals surface area contributed by atoms with E-state index in [0.29, 0.717) is 34.6 Å². The van der Waals surface area contributed by atoms with Crippen molar-refractivity contribution in [2.45, 2.75) is 12.0 Å². The molecule has 4 rings (SSSR count). The first kappa shape index (κ1) is 15.7. The van der Waals surface area contributed by atoms with Crippen LogP contribution in [-0.2, 0) is 20.7 Å². The number of carbonyl (C=O) groups excluding carboxylic acids is 2. The zero-order chi connectivity index (χ0) is 17.0. The molecule has 1 aromatic rings. The summed E-state index contributed by atoms with van der Waals surface area (Å²) in [6.45, 7) is 0.0605. The molecule has 6 nitrogen and oxygen atoms in total. The monoisotopic (exact) mass is 352 g/mol. The highest BCUT2D eigenvalue weighted by Gasteiger charge is 2.60. The van der Waals surface area contributed by atoms with Crippen LogP contribution >= 0.6 is 0 Å². The van der Waals surface area contributed by atoms with Crippen molar-refractivity contribution in [2.75, 3.05) is 30.0 Å². The number of amides is 2. The summed E-state index contributed by atoms with van der Waals surface area (Å²) in [5, 5.41) is 2.43. The lowest BCUT2D eigenvalue weighted by atomic mass is 10.1. The van der Waals surface area contributed by atoms with Gasteiger partial charge in [0.15, 0.2) is 6.10 Å². The van der Waals surface area contributed by atoms with Crippen molar-refractivity contribution in [1.29, 1.82) is 0 Å². The Bertz CT molecular complexity index is 703. The van der Waals surface area contributed by atoms with Gasteiger partial charge in [-0.3, -0.25) is 9.69 Å². The van der Waals surface area contributed by atoms with E-state index < -0.39 is 23.4 Å². The molecule has 2 unspecified atom stereocenters. The van der Waals surface area contributed by atoms with Gasteiger partial charge >= 0.3 is 6.09 Å². The number of cyclic esters (lactones) is 1. The van der Waals surface area contributed by atoms with Gasteiger partial charge in [-0.2, -0.15) is 0 Å². The molecule has 3 fully saturated rings. The zero-order valence-corrected chi connectivity index (χ0v) is 13.8. The maximum atomic E-state index is 14.5. The van der Waals surface area contributed by atoms with E-state index in [1.54, 1.807) is 12.1 Å². The maximum Gasteiger partial charge on any atom is 0.415 e. The molecule has 3 aliphatic rings. The van der Waals surface area contributed by atoms with Crippen molar-refractivity contribution in [3.63, 3.8) is 0 Å². The molecule has 2 amide bonds. The van der Waals surface area contributed by atoms with Crippen LogP contribution < -0.4 is 10.2 Å². The Morgan fingerprint density at radius 3 is 2.75 bits per heavy atom. The molecule has 24 heavy (non-hydrogen) atoms. The minimum atomic E-state index is -0.886. The highest BCUT2D eigenvalue weighted by atomic mass is 32.2. The number of halogens is 1. The fraction of sp³-hybridized carbons (Fsp3) is 0.500. The quantitative estimate of drug-likeness (QED) is 0.823. The molecule has 2 aliphatic heterocycles. The predicted octanol–water partition coefficient (Wildman–Crippen LogP) is 0.989. The van der Waals surface area contributed by atoms with Crippen molar-refractivity contribution in [3.05, 3.63) is 29.6 Å². The number of rotatable bonds is 3. The molecular weight excluding hydrogens is 335 g/mol. The normalized spacial score (nSPS) is 34.0. The SMILES string of the molecule is CNC(=O)[C@H]1CN(c2ccc(C3[C@H]4C[S+]([O-])C[C@@H]34)c(F)c2)C(=O)O1. The van der Waals surface area contributed by atoms with Gasteiger partial charge in [0.05, 0.1) is 12.2 Å². The summed E-state index contributed by atoms with van der Waals surface area (Å²) in [5.41, 5.74) is 1.00. The van der Waals surface area contributed by atoms with Crippen LogP contribution in [0.15, 0.2) is 18.2 Å². The van der Waals surface area contributed by atoms with Gasteiger partial charge in [-0.15, -0.1) is 0 Å². The number of nitrogens with one attached hydrogen (secondary N) is 1. The summed E-state index contributed by atoms with van der Waals surface area (Å²) in [6, 6.07) is 4.68. The van der Waals surface area contributed by atoms with Crippen LogP contribution in [0.1, 0.15) is 11.5 Å². The van der Waals surface area contributed by atoms with E-state index in [9.17, 15) is 18.5 Å². The second kappa shape index (κ2) is 5.63. The van der Waals surface area contributed by atoms with Gasteiger partial charge in [0.2, 0.25) is 0 Å². The Hall–Kier alpha value is -1.80. The number of nitrogens with zero attached hydrogens (tertiary/aromatic N) is 1. The van der Waals surface area contributed by atoms with E-state index in [-0.39, 0.29) is 24.2 Å². The topological polar surface area (TPSA) is 81.7 Å². The second-order valence-corrected chi connectivity index (χ2v) is 7.98. The van der Waals surface area contributed by atoms with Gasteiger partial charge in [-0.25, -0.2) is 9.18 Å². The lowest BCUT2D eigenvalue weighted by molar-refractivity contribution is -0.127. The first-order chi connectivity index (χ1) is 11.5. The Morgan fingerprint density at radius 1 is 1.42 bits per heavy atom. The number of carbonyl (C=O) groups is 2. The van der Waals surface area contributed by atoms with Gasteiger partial charge in [0, 0.05) is 24.8 Å². The van der Waals surface area contributed by atoms with Crippen molar-refractivity contribution >= 4 is 28.9 Å². The molecule has 2 heterocycles. The Labute approximate surface area is 141 Å². The van der Waals surface area contributed by atoms with Gasteiger partial charge < -0.3 is 14.6 Å². The summed E-state index contributed by atoms with van der Waals surface area (Å²) in [5.74, 6) is 1.34.